The van der Waals surface area contributed by atoms with E-state index in [0.29, 0.717) is 5.92 Å². The van der Waals surface area contributed by atoms with Crippen molar-refractivity contribution in [2.75, 3.05) is 13.1 Å². The van der Waals surface area contributed by atoms with Gasteiger partial charge in [-0.2, -0.15) is 0 Å². The fourth-order valence-corrected chi connectivity index (χ4v) is 1.49. The zero-order valence-electron chi connectivity index (χ0n) is 8.67. The van der Waals surface area contributed by atoms with Crippen molar-refractivity contribution in [3.05, 3.63) is 0 Å². The molecule has 0 radical (unpaired) electrons. The summed E-state index contributed by atoms with van der Waals surface area (Å²) < 4.78 is 5.27. The molecule has 1 saturated heterocycles. The quantitative estimate of drug-likeness (QED) is 0.671. The molecule has 0 aliphatic carbocycles. The van der Waals surface area contributed by atoms with Crippen LogP contribution in [0.2, 0.25) is 0 Å². The number of rotatable bonds is 3. The van der Waals surface area contributed by atoms with E-state index in [1.807, 2.05) is 13.8 Å². The lowest BCUT2D eigenvalue weighted by Crippen LogP contribution is -2.26. The Morgan fingerprint density at radius 3 is 2.77 bits per heavy atom. The average molecular weight is 185 g/mol. The summed E-state index contributed by atoms with van der Waals surface area (Å²) >= 11 is 0. The van der Waals surface area contributed by atoms with Crippen molar-refractivity contribution in [1.29, 1.82) is 0 Å². The van der Waals surface area contributed by atoms with Gasteiger partial charge in [0, 0.05) is 6.54 Å². The Morgan fingerprint density at radius 2 is 2.31 bits per heavy atom. The Hall–Kier alpha value is -0.570. The molecular formula is C10H19NO2. The minimum absolute atomic E-state index is 0.0353. The Bertz CT molecular complexity index is 182. The predicted octanol–water partition coefficient (Wildman–Crippen LogP) is 1.18. The SMILES string of the molecule is CCC(C)OC(=O)C1CNCC1C. The summed E-state index contributed by atoms with van der Waals surface area (Å²) in [5.41, 5.74) is 0. The van der Waals surface area contributed by atoms with E-state index in [2.05, 4.69) is 12.2 Å². The van der Waals surface area contributed by atoms with Crippen LogP contribution >= 0.6 is 0 Å². The molecule has 13 heavy (non-hydrogen) atoms. The fourth-order valence-electron chi connectivity index (χ4n) is 1.49. The Morgan fingerprint density at radius 1 is 1.62 bits per heavy atom. The van der Waals surface area contributed by atoms with Crippen LogP contribution in [0.1, 0.15) is 27.2 Å². The van der Waals surface area contributed by atoms with Gasteiger partial charge in [0.2, 0.25) is 0 Å². The molecule has 0 amide bonds. The summed E-state index contributed by atoms with van der Waals surface area (Å²) in [4.78, 5) is 11.6. The molecule has 3 heteroatoms. The molecule has 1 rings (SSSR count). The molecule has 1 aliphatic rings. The van der Waals surface area contributed by atoms with E-state index in [9.17, 15) is 4.79 Å². The second-order valence-electron chi connectivity index (χ2n) is 3.90. The van der Waals surface area contributed by atoms with Crippen LogP contribution in [-0.4, -0.2) is 25.2 Å². The molecular weight excluding hydrogens is 166 g/mol. The Balaban J connectivity index is 2.38. The predicted molar refractivity (Wildman–Crippen MR) is 51.4 cm³/mol. The lowest BCUT2D eigenvalue weighted by molar-refractivity contribution is -0.153. The van der Waals surface area contributed by atoms with Crippen LogP contribution in [-0.2, 0) is 9.53 Å². The molecule has 0 spiro atoms. The highest BCUT2D eigenvalue weighted by Gasteiger charge is 2.31. The molecule has 3 unspecified atom stereocenters. The van der Waals surface area contributed by atoms with E-state index >= 15 is 0 Å². The monoisotopic (exact) mass is 185 g/mol. The maximum Gasteiger partial charge on any atom is 0.310 e. The maximum atomic E-state index is 11.6. The zero-order valence-corrected chi connectivity index (χ0v) is 8.67. The molecule has 0 aromatic heterocycles. The summed E-state index contributed by atoms with van der Waals surface area (Å²) in [7, 11) is 0. The standard InChI is InChI=1S/C10H19NO2/c1-4-8(3)13-10(12)9-6-11-5-7(9)2/h7-9,11H,4-6H2,1-3H3. The van der Waals surface area contributed by atoms with E-state index in [-0.39, 0.29) is 18.0 Å². The molecule has 0 aromatic carbocycles. The Kier molecular flexibility index (Phi) is 3.72. The normalized spacial score (nSPS) is 30.1. The summed E-state index contributed by atoms with van der Waals surface area (Å²) in [6.45, 7) is 7.75. The third kappa shape index (κ3) is 2.69. The van der Waals surface area contributed by atoms with Crippen LogP contribution in [0, 0.1) is 11.8 Å². The number of carbonyl (C=O) groups is 1. The number of ether oxygens (including phenoxy) is 1. The van der Waals surface area contributed by atoms with Gasteiger partial charge in [0.15, 0.2) is 0 Å². The molecule has 76 valence electrons. The first-order valence-electron chi connectivity index (χ1n) is 5.06. The first-order chi connectivity index (χ1) is 6.15. The number of esters is 1. The van der Waals surface area contributed by atoms with Crippen LogP contribution < -0.4 is 5.32 Å². The second-order valence-corrected chi connectivity index (χ2v) is 3.90. The molecule has 1 aliphatic heterocycles. The third-order valence-electron chi connectivity index (χ3n) is 2.71. The first kappa shape index (κ1) is 10.5. The van der Waals surface area contributed by atoms with Gasteiger partial charge in [-0.1, -0.05) is 13.8 Å². The third-order valence-corrected chi connectivity index (χ3v) is 2.71. The van der Waals surface area contributed by atoms with Crippen molar-refractivity contribution in [2.45, 2.75) is 33.3 Å². The van der Waals surface area contributed by atoms with Gasteiger partial charge < -0.3 is 10.1 Å². The molecule has 0 aromatic rings. The summed E-state index contributed by atoms with van der Waals surface area (Å²) in [5, 5.41) is 3.19. The van der Waals surface area contributed by atoms with Crippen LogP contribution in [0.3, 0.4) is 0 Å². The molecule has 3 nitrogen and oxygen atoms in total. The van der Waals surface area contributed by atoms with Gasteiger partial charge in [-0.05, 0) is 25.8 Å². The van der Waals surface area contributed by atoms with E-state index in [1.54, 1.807) is 0 Å². The van der Waals surface area contributed by atoms with Crippen molar-refractivity contribution < 1.29 is 9.53 Å². The van der Waals surface area contributed by atoms with Crippen molar-refractivity contribution >= 4 is 5.97 Å². The number of hydrogen-bond donors (Lipinski definition) is 1. The number of hydrogen-bond acceptors (Lipinski definition) is 3. The van der Waals surface area contributed by atoms with Crippen molar-refractivity contribution in [3.63, 3.8) is 0 Å². The molecule has 1 N–H and O–H groups in total. The minimum atomic E-state index is -0.0353. The van der Waals surface area contributed by atoms with Crippen LogP contribution in [0.15, 0.2) is 0 Å². The number of nitrogens with one attached hydrogen (secondary N) is 1. The lowest BCUT2D eigenvalue weighted by atomic mass is 9.98. The second kappa shape index (κ2) is 4.61. The highest BCUT2D eigenvalue weighted by Crippen LogP contribution is 2.18. The van der Waals surface area contributed by atoms with Crippen LogP contribution in [0.5, 0.6) is 0 Å². The minimum Gasteiger partial charge on any atom is -0.462 e. The van der Waals surface area contributed by atoms with Gasteiger partial charge in [-0.15, -0.1) is 0 Å². The van der Waals surface area contributed by atoms with Gasteiger partial charge in [-0.3, -0.25) is 4.79 Å². The van der Waals surface area contributed by atoms with Gasteiger partial charge in [0.25, 0.3) is 0 Å². The van der Waals surface area contributed by atoms with Gasteiger partial charge in [0.05, 0.1) is 12.0 Å². The molecule has 1 fully saturated rings. The highest BCUT2D eigenvalue weighted by atomic mass is 16.5. The topological polar surface area (TPSA) is 38.3 Å². The van der Waals surface area contributed by atoms with Gasteiger partial charge in [0.1, 0.15) is 0 Å². The highest BCUT2D eigenvalue weighted by molar-refractivity contribution is 5.73. The fraction of sp³-hybridized carbons (Fsp3) is 0.900. The summed E-state index contributed by atoms with van der Waals surface area (Å²) in [6, 6.07) is 0. The zero-order chi connectivity index (χ0) is 9.84. The maximum absolute atomic E-state index is 11.6. The van der Waals surface area contributed by atoms with Crippen LogP contribution in [0.4, 0.5) is 0 Å². The van der Waals surface area contributed by atoms with Crippen molar-refractivity contribution in [3.8, 4) is 0 Å². The summed E-state index contributed by atoms with van der Waals surface area (Å²) in [5.74, 6) is 0.442. The van der Waals surface area contributed by atoms with Gasteiger partial charge in [-0.25, -0.2) is 0 Å². The number of carbonyl (C=O) groups excluding carboxylic acids is 1. The van der Waals surface area contributed by atoms with Crippen molar-refractivity contribution in [1.82, 2.24) is 5.32 Å². The van der Waals surface area contributed by atoms with E-state index in [4.69, 9.17) is 4.74 Å². The molecule has 0 bridgehead atoms. The van der Waals surface area contributed by atoms with E-state index in [1.165, 1.54) is 0 Å². The van der Waals surface area contributed by atoms with E-state index in [0.717, 1.165) is 19.5 Å². The average Bonchev–Trinajstić information content (AvgIpc) is 2.51. The Labute approximate surface area is 79.8 Å². The first-order valence-corrected chi connectivity index (χ1v) is 5.06. The van der Waals surface area contributed by atoms with Crippen LogP contribution in [0.25, 0.3) is 0 Å². The largest absolute Gasteiger partial charge is 0.462 e. The molecule has 0 saturated carbocycles. The van der Waals surface area contributed by atoms with E-state index < -0.39 is 0 Å². The molecule has 3 atom stereocenters. The lowest BCUT2D eigenvalue weighted by Gasteiger charge is -2.16. The summed E-state index contributed by atoms with van der Waals surface area (Å²) in [6.07, 6.45) is 0.945. The smallest absolute Gasteiger partial charge is 0.310 e. The van der Waals surface area contributed by atoms with Crippen molar-refractivity contribution in [2.24, 2.45) is 11.8 Å². The molecule has 1 heterocycles. The van der Waals surface area contributed by atoms with Gasteiger partial charge >= 0.3 is 5.97 Å².